The highest BCUT2D eigenvalue weighted by Gasteiger charge is 2.12. The summed E-state index contributed by atoms with van der Waals surface area (Å²) in [6, 6.07) is 14.2. The summed E-state index contributed by atoms with van der Waals surface area (Å²) < 4.78 is 32.5. The standard InChI is InChI=1S/C14H9BrO3S/c15-14-7-9-5-6-10(19(16,17)18)8-13(9)11-3-1-2-4-12(11)14/h1-8H,(H,16,17,18). The van der Waals surface area contributed by atoms with E-state index in [9.17, 15) is 8.42 Å². The largest absolute Gasteiger partial charge is 0.294 e. The first kappa shape index (κ1) is 12.6. The number of rotatable bonds is 1. The SMILES string of the molecule is O=S(=O)(O)c1ccc2cc(Br)c3ccccc3c2c1. The van der Waals surface area contributed by atoms with Crippen molar-refractivity contribution in [3.05, 3.63) is 53.0 Å². The Bertz CT molecular complexity index is 901. The number of fused-ring (bicyclic) bond motifs is 3. The first-order valence-electron chi connectivity index (χ1n) is 5.55. The van der Waals surface area contributed by atoms with Crippen LogP contribution in [0.3, 0.4) is 0 Å². The van der Waals surface area contributed by atoms with E-state index in [1.54, 1.807) is 6.07 Å². The normalized spacial score (nSPS) is 12.1. The van der Waals surface area contributed by atoms with E-state index in [4.69, 9.17) is 4.55 Å². The summed E-state index contributed by atoms with van der Waals surface area (Å²) in [7, 11) is -4.18. The van der Waals surface area contributed by atoms with Gasteiger partial charge in [-0.05, 0) is 39.7 Å². The topological polar surface area (TPSA) is 54.4 Å². The van der Waals surface area contributed by atoms with E-state index in [0.717, 1.165) is 26.0 Å². The van der Waals surface area contributed by atoms with Crippen molar-refractivity contribution in [3.8, 4) is 0 Å². The quantitative estimate of drug-likeness (QED) is 0.539. The van der Waals surface area contributed by atoms with Crippen LogP contribution in [0.1, 0.15) is 0 Å². The van der Waals surface area contributed by atoms with Gasteiger partial charge in [0.15, 0.2) is 0 Å². The maximum absolute atomic E-state index is 11.2. The van der Waals surface area contributed by atoms with Crippen molar-refractivity contribution in [1.82, 2.24) is 0 Å². The molecule has 0 radical (unpaired) electrons. The highest BCUT2D eigenvalue weighted by Crippen LogP contribution is 2.32. The lowest BCUT2D eigenvalue weighted by Crippen LogP contribution is -1.97. The molecule has 0 aliphatic heterocycles. The summed E-state index contributed by atoms with van der Waals surface area (Å²) in [5, 5.41) is 3.66. The summed E-state index contributed by atoms with van der Waals surface area (Å²) >= 11 is 3.51. The van der Waals surface area contributed by atoms with Crippen LogP contribution in [-0.4, -0.2) is 13.0 Å². The van der Waals surface area contributed by atoms with Gasteiger partial charge in [0.2, 0.25) is 0 Å². The molecule has 0 saturated heterocycles. The van der Waals surface area contributed by atoms with Gasteiger partial charge in [-0.15, -0.1) is 0 Å². The van der Waals surface area contributed by atoms with Crippen molar-refractivity contribution in [2.24, 2.45) is 0 Å². The molecule has 1 N–H and O–H groups in total. The molecule has 3 rings (SSSR count). The lowest BCUT2D eigenvalue weighted by atomic mass is 10.0. The molecular weight excluding hydrogens is 328 g/mol. The van der Waals surface area contributed by atoms with Gasteiger partial charge >= 0.3 is 0 Å². The average Bonchev–Trinajstić information content (AvgIpc) is 2.37. The van der Waals surface area contributed by atoms with E-state index in [-0.39, 0.29) is 4.90 Å². The smallest absolute Gasteiger partial charge is 0.282 e. The molecule has 0 unspecified atom stereocenters. The molecule has 3 nitrogen and oxygen atoms in total. The number of hydrogen-bond acceptors (Lipinski definition) is 2. The molecule has 0 spiro atoms. The molecule has 19 heavy (non-hydrogen) atoms. The zero-order valence-corrected chi connectivity index (χ0v) is 12.1. The molecule has 0 saturated carbocycles. The van der Waals surface area contributed by atoms with Gasteiger partial charge in [-0.1, -0.05) is 46.3 Å². The zero-order valence-electron chi connectivity index (χ0n) is 9.67. The monoisotopic (exact) mass is 336 g/mol. The maximum Gasteiger partial charge on any atom is 0.294 e. The third-order valence-corrected chi connectivity index (χ3v) is 4.59. The predicted molar refractivity (Wildman–Crippen MR) is 79.0 cm³/mol. The second-order valence-corrected chi connectivity index (χ2v) is 6.54. The molecule has 0 aliphatic carbocycles. The second kappa shape index (κ2) is 4.30. The van der Waals surface area contributed by atoms with Crippen LogP contribution in [0.2, 0.25) is 0 Å². The molecule has 0 aliphatic rings. The Balaban J connectivity index is 2.51. The zero-order chi connectivity index (χ0) is 13.6. The van der Waals surface area contributed by atoms with Crippen molar-refractivity contribution >= 4 is 47.6 Å². The second-order valence-electron chi connectivity index (χ2n) is 4.26. The molecule has 0 heterocycles. The Labute approximate surface area is 118 Å². The van der Waals surface area contributed by atoms with Gasteiger partial charge in [0, 0.05) is 4.47 Å². The Hall–Kier alpha value is -1.43. The lowest BCUT2D eigenvalue weighted by molar-refractivity contribution is 0.483. The maximum atomic E-state index is 11.2. The van der Waals surface area contributed by atoms with Gasteiger partial charge in [0.25, 0.3) is 10.1 Å². The van der Waals surface area contributed by atoms with Crippen LogP contribution in [0.5, 0.6) is 0 Å². The number of halogens is 1. The molecule has 3 aromatic carbocycles. The van der Waals surface area contributed by atoms with Crippen molar-refractivity contribution in [2.75, 3.05) is 0 Å². The average molecular weight is 337 g/mol. The van der Waals surface area contributed by atoms with Crippen molar-refractivity contribution in [3.63, 3.8) is 0 Å². The highest BCUT2D eigenvalue weighted by molar-refractivity contribution is 9.10. The van der Waals surface area contributed by atoms with Crippen LogP contribution in [-0.2, 0) is 10.1 Å². The molecule has 0 fully saturated rings. The predicted octanol–water partition coefficient (Wildman–Crippen LogP) is 4.00. The molecule has 96 valence electrons. The van der Waals surface area contributed by atoms with Gasteiger partial charge in [-0.25, -0.2) is 0 Å². The van der Waals surface area contributed by atoms with E-state index >= 15 is 0 Å². The minimum Gasteiger partial charge on any atom is -0.282 e. The third kappa shape index (κ3) is 2.14. The Morgan fingerprint density at radius 2 is 1.58 bits per heavy atom. The van der Waals surface area contributed by atoms with Crippen LogP contribution in [0, 0.1) is 0 Å². The summed E-state index contributed by atoms with van der Waals surface area (Å²) in [4.78, 5) is -0.0903. The van der Waals surface area contributed by atoms with Crippen molar-refractivity contribution in [1.29, 1.82) is 0 Å². The van der Waals surface area contributed by atoms with E-state index < -0.39 is 10.1 Å². The first-order chi connectivity index (χ1) is 8.97. The van der Waals surface area contributed by atoms with Gasteiger partial charge < -0.3 is 0 Å². The fourth-order valence-electron chi connectivity index (χ4n) is 2.20. The van der Waals surface area contributed by atoms with Crippen LogP contribution in [0.25, 0.3) is 21.5 Å². The molecule has 5 heteroatoms. The minimum absolute atomic E-state index is 0.0903. The number of benzene rings is 3. The summed E-state index contributed by atoms with van der Waals surface area (Å²) in [6.07, 6.45) is 0. The van der Waals surface area contributed by atoms with E-state index in [1.165, 1.54) is 12.1 Å². The molecule has 3 aromatic rings. The molecule has 0 amide bonds. The molecule has 0 aromatic heterocycles. The van der Waals surface area contributed by atoms with Gasteiger partial charge in [0.1, 0.15) is 0 Å². The van der Waals surface area contributed by atoms with E-state index in [0.29, 0.717) is 0 Å². The fourth-order valence-corrected chi connectivity index (χ4v) is 3.29. The van der Waals surface area contributed by atoms with Gasteiger partial charge in [-0.2, -0.15) is 8.42 Å². The minimum atomic E-state index is -4.18. The Kier molecular flexibility index (Phi) is 2.85. The highest BCUT2D eigenvalue weighted by atomic mass is 79.9. The summed E-state index contributed by atoms with van der Waals surface area (Å²) in [6.45, 7) is 0. The fraction of sp³-hybridized carbons (Fsp3) is 0. The van der Waals surface area contributed by atoms with Crippen LogP contribution < -0.4 is 0 Å². The number of hydrogen-bond donors (Lipinski definition) is 1. The first-order valence-corrected chi connectivity index (χ1v) is 7.78. The van der Waals surface area contributed by atoms with Gasteiger partial charge in [-0.3, -0.25) is 4.55 Å². The Morgan fingerprint density at radius 1 is 0.895 bits per heavy atom. The Morgan fingerprint density at radius 3 is 2.26 bits per heavy atom. The van der Waals surface area contributed by atoms with Gasteiger partial charge in [0.05, 0.1) is 4.90 Å². The van der Waals surface area contributed by atoms with Crippen molar-refractivity contribution < 1.29 is 13.0 Å². The lowest BCUT2D eigenvalue weighted by Gasteiger charge is -2.07. The van der Waals surface area contributed by atoms with E-state index in [2.05, 4.69) is 15.9 Å². The third-order valence-electron chi connectivity index (χ3n) is 3.08. The van der Waals surface area contributed by atoms with Crippen LogP contribution >= 0.6 is 15.9 Å². The molecular formula is C14H9BrO3S. The van der Waals surface area contributed by atoms with Crippen molar-refractivity contribution in [2.45, 2.75) is 4.90 Å². The molecule has 0 bridgehead atoms. The van der Waals surface area contributed by atoms with E-state index in [1.807, 2.05) is 30.3 Å². The summed E-state index contributed by atoms with van der Waals surface area (Å²) in [5.41, 5.74) is 0. The van der Waals surface area contributed by atoms with Crippen LogP contribution in [0.4, 0.5) is 0 Å². The van der Waals surface area contributed by atoms with Crippen LogP contribution in [0.15, 0.2) is 57.9 Å². The summed E-state index contributed by atoms with van der Waals surface area (Å²) in [5.74, 6) is 0. The molecule has 0 atom stereocenters.